The van der Waals surface area contributed by atoms with Gasteiger partial charge < -0.3 is 9.72 Å². The molecule has 1 fully saturated rings. The zero-order valence-electron chi connectivity index (χ0n) is 18.4. The lowest BCUT2D eigenvalue weighted by molar-refractivity contribution is -0.141. The summed E-state index contributed by atoms with van der Waals surface area (Å²) in [6.45, 7) is 1.79. The smallest absolute Gasteiger partial charge is 0.433 e. The molecule has 4 heterocycles. The Hall–Kier alpha value is -3.76. The van der Waals surface area contributed by atoms with Crippen LogP contribution in [-0.4, -0.2) is 36.8 Å². The Morgan fingerprint density at radius 2 is 1.97 bits per heavy atom. The third-order valence-corrected chi connectivity index (χ3v) is 5.91. The molecule has 0 radical (unpaired) electrons. The van der Waals surface area contributed by atoms with Crippen LogP contribution in [0.2, 0.25) is 0 Å². The third-order valence-electron chi connectivity index (χ3n) is 5.91. The minimum absolute atomic E-state index is 0.179. The van der Waals surface area contributed by atoms with Gasteiger partial charge in [-0.1, -0.05) is 6.07 Å². The van der Waals surface area contributed by atoms with Crippen LogP contribution >= 0.6 is 0 Å². The maximum atomic E-state index is 13.0. The van der Waals surface area contributed by atoms with Gasteiger partial charge in [0.1, 0.15) is 22.7 Å². The number of halogens is 3. The predicted molar refractivity (Wildman–Crippen MR) is 117 cm³/mol. The number of ether oxygens (including phenoxy) is 1. The first-order valence-electron chi connectivity index (χ1n) is 10.8. The van der Waals surface area contributed by atoms with Crippen molar-refractivity contribution in [1.29, 1.82) is 0 Å². The molecule has 5 rings (SSSR count). The monoisotopic (exact) mass is 470 g/mol. The molecule has 1 N–H and O–H groups in total. The molecule has 4 aromatic rings. The Morgan fingerprint density at radius 3 is 2.56 bits per heavy atom. The van der Waals surface area contributed by atoms with Gasteiger partial charge in [-0.3, -0.25) is 14.8 Å². The highest BCUT2D eigenvalue weighted by Gasteiger charge is 2.34. The highest BCUT2D eigenvalue weighted by atomic mass is 19.4. The Balaban J connectivity index is 1.56. The van der Waals surface area contributed by atoms with Gasteiger partial charge >= 0.3 is 6.18 Å². The molecule has 0 bridgehead atoms. The molecule has 176 valence electrons. The summed E-state index contributed by atoms with van der Waals surface area (Å²) in [7, 11) is 1.55. The van der Waals surface area contributed by atoms with Crippen LogP contribution in [0.1, 0.15) is 60.2 Å². The van der Waals surface area contributed by atoms with Crippen LogP contribution < -0.4 is 10.3 Å². The van der Waals surface area contributed by atoms with E-state index in [1.165, 1.54) is 12.3 Å². The van der Waals surface area contributed by atoms with Crippen molar-refractivity contribution in [2.45, 2.75) is 44.3 Å². The van der Waals surface area contributed by atoms with Gasteiger partial charge in [-0.15, -0.1) is 0 Å². The number of rotatable bonds is 6. The molecule has 0 aromatic carbocycles. The molecule has 4 aromatic heterocycles. The summed E-state index contributed by atoms with van der Waals surface area (Å²) in [6.07, 6.45) is 0.403. The standard InChI is InChI=1S/C23H21F3N6O2/c1-12(14-5-8-17(28-10-14)23(24,25)26)32-21-19(20(31-32)13-3-4-13)22(33)30-18(29-21)9-15-6-7-16(34-2)11-27-15/h5-8,10-13H,3-4,9H2,1-2H3,(H,29,30,33). The zero-order valence-corrected chi connectivity index (χ0v) is 18.4. The van der Waals surface area contributed by atoms with Crippen LogP contribution in [0.15, 0.2) is 41.5 Å². The van der Waals surface area contributed by atoms with Crippen LogP contribution in [0.5, 0.6) is 5.75 Å². The maximum Gasteiger partial charge on any atom is 0.433 e. The lowest BCUT2D eigenvalue weighted by Gasteiger charge is -2.14. The summed E-state index contributed by atoms with van der Waals surface area (Å²) >= 11 is 0. The lowest BCUT2D eigenvalue weighted by Crippen LogP contribution is -2.16. The molecule has 1 atom stereocenters. The number of nitrogens with one attached hydrogen (secondary N) is 1. The molecule has 11 heteroatoms. The van der Waals surface area contributed by atoms with Crippen molar-refractivity contribution in [3.05, 3.63) is 75.5 Å². The second-order valence-corrected chi connectivity index (χ2v) is 8.33. The first-order valence-corrected chi connectivity index (χ1v) is 10.8. The summed E-state index contributed by atoms with van der Waals surface area (Å²) in [5.41, 5.74) is 1.03. The second-order valence-electron chi connectivity index (χ2n) is 8.33. The number of hydrogen-bond donors (Lipinski definition) is 1. The number of aromatic amines is 1. The van der Waals surface area contributed by atoms with E-state index in [0.717, 1.165) is 18.9 Å². The van der Waals surface area contributed by atoms with Gasteiger partial charge in [0.05, 0.1) is 25.0 Å². The Morgan fingerprint density at radius 1 is 1.18 bits per heavy atom. The van der Waals surface area contributed by atoms with Crippen molar-refractivity contribution in [1.82, 2.24) is 29.7 Å². The fourth-order valence-corrected chi connectivity index (χ4v) is 3.88. The molecule has 8 nitrogen and oxygen atoms in total. The van der Waals surface area contributed by atoms with Gasteiger partial charge in [-0.2, -0.15) is 18.3 Å². The number of H-pyrrole nitrogens is 1. The van der Waals surface area contributed by atoms with E-state index >= 15 is 0 Å². The third kappa shape index (κ3) is 4.13. The van der Waals surface area contributed by atoms with Gasteiger partial charge in [-0.05, 0) is 43.5 Å². The van der Waals surface area contributed by atoms with E-state index < -0.39 is 17.9 Å². The van der Waals surface area contributed by atoms with E-state index in [9.17, 15) is 18.0 Å². The van der Waals surface area contributed by atoms with Crippen molar-refractivity contribution in [2.24, 2.45) is 0 Å². The minimum Gasteiger partial charge on any atom is -0.495 e. The molecule has 0 spiro atoms. The number of fused-ring (bicyclic) bond motifs is 1. The van der Waals surface area contributed by atoms with Crippen molar-refractivity contribution in [3.8, 4) is 5.75 Å². The summed E-state index contributed by atoms with van der Waals surface area (Å²) in [5.74, 6) is 1.21. The normalized spacial score (nSPS) is 15.0. The highest BCUT2D eigenvalue weighted by Crippen LogP contribution is 2.42. The number of alkyl halides is 3. The quantitative estimate of drug-likeness (QED) is 0.457. The SMILES string of the molecule is COc1ccc(Cc2nc3c(c(C4CC4)nn3C(C)c3ccc(C(F)(F)F)nc3)c(=O)[nH]2)nc1. The van der Waals surface area contributed by atoms with Gasteiger partial charge in [0.15, 0.2) is 5.65 Å². The van der Waals surface area contributed by atoms with E-state index in [1.54, 1.807) is 37.0 Å². The summed E-state index contributed by atoms with van der Waals surface area (Å²) in [4.78, 5) is 28.4. The number of pyridine rings is 2. The molecule has 34 heavy (non-hydrogen) atoms. The highest BCUT2D eigenvalue weighted by molar-refractivity contribution is 5.78. The first-order chi connectivity index (χ1) is 16.2. The first kappa shape index (κ1) is 22.1. The van der Waals surface area contributed by atoms with Crippen LogP contribution in [0, 0.1) is 0 Å². The average molecular weight is 470 g/mol. The van der Waals surface area contributed by atoms with E-state index in [2.05, 4.69) is 25.0 Å². The fraction of sp³-hybridized carbons (Fsp3) is 0.348. The molecule has 0 saturated heterocycles. The Bertz CT molecular complexity index is 1390. The number of methoxy groups -OCH3 is 1. The predicted octanol–water partition coefficient (Wildman–Crippen LogP) is 4.01. The van der Waals surface area contributed by atoms with Crippen molar-refractivity contribution in [2.75, 3.05) is 7.11 Å². The molecule has 1 aliphatic rings. The molecule has 0 amide bonds. The molecule has 1 unspecified atom stereocenters. The van der Waals surface area contributed by atoms with E-state index in [0.29, 0.717) is 39.6 Å². The van der Waals surface area contributed by atoms with Crippen molar-refractivity contribution in [3.63, 3.8) is 0 Å². The summed E-state index contributed by atoms with van der Waals surface area (Å²) in [5, 5.41) is 5.10. The van der Waals surface area contributed by atoms with Crippen LogP contribution in [0.3, 0.4) is 0 Å². The molecule has 1 aliphatic carbocycles. The van der Waals surface area contributed by atoms with E-state index in [1.807, 2.05) is 0 Å². The van der Waals surface area contributed by atoms with Gasteiger partial charge in [0.25, 0.3) is 5.56 Å². The largest absolute Gasteiger partial charge is 0.495 e. The number of nitrogens with zero attached hydrogens (tertiary/aromatic N) is 5. The maximum absolute atomic E-state index is 13.0. The number of aromatic nitrogens is 6. The second kappa shape index (κ2) is 8.23. The topological polar surface area (TPSA) is 98.6 Å². The lowest BCUT2D eigenvalue weighted by atomic mass is 10.1. The Labute approximate surface area is 191 Å². The fourth-order valence-electron chi connectivity index (χ4n) is 3.88. The van der Waals surface area contributed by atoms with Crippen molar-refractivity contribution >= 4 is 11.0 Å². The minimum atomic E-state index is -4.52. The Kier molecular flexibility index (Phi) is 5.34. The number of hydrogen-bond acceptors (Lipinski definition) is 6. The summed E-state index contributed by atoms with van der Waals surface area (Å²) < 4.78 is 45.5. The van der Waals surface area contributed by atoms with Gasteiger partial charge in [0.2, 0.25) is 0 Å². The van der Waals surface area contributed by atoms with Gasteiger partial charge in [-0.25, -0.2) is 9.67 Å². The van der Waals surface area contributed by atoms with Crippen molar-refractivity contribution < 1.29 is 17.9 Å². The van der Waals surface area contributed by atoms with Crippen LogP contribution in [-0.2, 0) is 12.6 Å². The zero-order chi connectivity index (χ0) is 24.0. The average Bonchev–Trinajstić information content (AvgIpc) is 3.59. The molecule has 0 aliphatic heterocycles. The van der Waals surface area contributed by atoms with Gasteiger partial charge in [0, 0.05) is 24.2 Å². The summed E-state index contributed by atoms with van der Waals surface area (Å²) in [6, 6.07) is 5.40. The van der Waals surface area contributed by atoms with Crippen LogP contribution in [0.25, 0.3) is 11.0 Å². The van der Waals surface area contributed by atoms with E-state index in [4.69, 9.17) is 4.74 Å². The molecular weight excluding hydrogens is 449 g/mol. The molecular formula is C23H21F3N6O2. The molecule has 1 saturated carbocycles. The van der Waals surface area contributed by atoms with Crippen LogP contribution in [0.4, 0.5) is 13.2 Å². The van der Waals surface area contributed by atoms with E-state index in [-0.39, 0.29) is 17.9 Å².